The fraction of sp³-hybridized carbons (Fsp3) is 0.286. The van der Waals surface area contributed by atoms with Crippen molar-refractivity contribution in [2.24, 2.45) is 0 Å². The van der Waals surface area contributed by atoms with Crippen LogP contribution in [-0.4, -0.2) is 16.5 Å². The number of nitrogens with one attached hydrogen (secondary N) is 1. The molecule has 0 saturated carbocycles. The maximum absolute atomic E-state index is 5.99. The number of hydrogen-bond acceptors (Lipinski definition) is 4. The van der Waals surface area contributed by atoms with Crippen molar-refractivity contribution in [3.8, 4) is 11.6 Å². The Kier molecular flexibility index (Phi) is 4.22. The quantitative estimate of drug-likeness (QED) is 0.918. The lowest BCUT2D eigenvalue weighted by atomic mass is 10.2. The molecule has 0 amide bonds. The molecule has 0 unspecified atom stereocenters. The van der Waals surface area contributed by atoms with Crippen molar-refractivity contribution in [1.29, 1.82) is 0 Å². The predicted octanol–water partition coefficient (Wildman–Crippen LogP) is 3.97. The van der Waals surface area contributed by atoms with E-state index in [-0.39, 0.29) is 0 Å². The van der Waals surface area contributed by atoms with Crippen LogP contribution in [0.3, 0.4) is 0 Å². The largest absolute Gasteiger partial charge is 0.439 e. The number of halogens is 1. The van der Waals surface area contributed by atoms with E-state index in [9.17, 15) is 0 Å². The average molecular weight is 278 g/mol. The van der Waals surface area contributed by atoms with E-state index in [2.05, 4.69) is 15.3 Å². The van der Waals surface area contributed by atoms with Crippen molar-refractivity contribution >= 4 is 17.5 Å². The van der Waals surface area contributed by atoms with Crippen LogP contribution < -0.4 is 10.1 Å². The fourth-order valence-electron chi connectivity index (χ4n) is 1.57. The molecular weight excluding hydrogens is 262 g/mol. The SMILES string of the molecule is CCNc1ncc(C)c(Oc2ccc(Cl)c(C)c2)n1. The van der Waals surface area contributed by atoms with Gasteiger partial charge in [0.25, 0.3) is 0 Å². The number of anilines is 1. The van der Waals surface area contributed by atoms with Gasteiger partial charge in [-0.05, 0) is 44.5 Å². The van der Waals surface area contributed by atoms with E-state index in [0.29, 0.717) is 17.6 Å². The minimum atomic E-state index is 0.549. The summed E-state index contributed by atoms with van der Waals surface area (Å²) < 4.78 is 5.78. The summed E-state index contributed by atoms with van der Waals surface area (Å²) in [7, 11) is 0. The highest BCUT2D eigenvalue weighted by molar-refractivity contribution is 6.31. The summed E-state index contributed by atoms with van der Waals surface area (Å²) in [6, 6.07) is 5.52. The van der Waals surface area contributed by atoms with Gasteiger partial charge in [-0.2, -0.15) is 4.98 Å². The maximum Gasteiger partial charge on any atom is 0.226 e. The zero-order valence-corrected chi connectivity index (χ0v) is 12.0. The van der Waals surface area contributed by atoms with Crippen LogP contribution in [0.1, 0.15) is 18.1 Å². The lowest BCUT2D eigenvalue weighted by molar-refractivity contribution is 0.458. The second kappa shape index (κ2) is 5.89. The summed E-state index contributed by atoms with van der Waals surface area (Å²) in [5.41, 5.74) is 1.85. The highest BCUT2D eigenvalue weighted by Crippen LogP contribution is 2.26. The molecule has 0 fully saturated rings. The normalized spacial score (nSPS) is 10.3. The molecule has 100 valence electrons. The first kappa shape index (κ1) is 13.6. The van der Waals surface area contributed by atoms with Gasteiger partial charge in [-0.25, -0.2) is 4.98 Å². The highest BCUT2D eigenvalue weighted by atomic mass is 35.5. The lowest BCUT2D eigenvalue weighted by Gasteiger charge is -2.10. The molecule has 2 aromatic rings. The smallest absolute Gasteiger partial charge is 0.226 e. The van der Waals surface area contributed by atoms with Crippen LogP contribution in [0.4, 0.5) is 5.95 Å². The Bertz CT molecular complexity index is 587. The van der Waals surface area contributed by atoms with Crippen LogP contribution in [0.2, 0.25) is 5.02 Å². The molecule has 1 aromatic carbocycles. The average Bonchev–Trinajstić information content (AvgIpc) is 2.38. The van der Waals surface area contributed by atoms with Gasteiger partial charge in [0.1, 0.15) is 5.75 Å². The zero-order chi connectivity index (χ0) is 13.8. The third-order valence-electron chi connectivity index (χ3n) is 2.60. The van der Waals surface area contributed by atoms with Crippen LogP contribution in [0.25, 0.3) is 0 Å². The summed E-state index contributed by atoms with van der Waals surface area (Å²) in [5.74, 6) is 1.83. The molecule has 4 nitrogen and oxygen atoms in total. The molecule has 19 heavy (non-hydrogen) atoms. The molecule has 1 aromatic heterocycles. The second-order valence-electron chi connectivity index (χ2n) is 4.23. The predicted molar refractivity (Wildman–Crippen MR) is 77.2 cm³/mol. The Labute approximate surface area is 117 Å². The highest BCUT2D eigenvalue weighted by Gasteiger charge is 2.07. The van der Waals surface area contributed by atoms with Gasteiger partial charge in [0.05, 0.1) is 0 Å². The van der Waals surface area contributed by atoms with Crippen molar-refractivity contribution in [1.82, 2.24) is 9.97 Å². The summed E-state index contributed by atoms with van der Waals surface area (Å²) in [5, 5.41) is 3.78. The van der Waals surface area contributed by atoms with E-state index in [1.807, 2.05) is 39.0 Å². The van der Waals surface area contributed by atoms with E-state index in [0.717, 1.165) is 22.7 Å². The molecule has 0 bridgehead atoms. The van der Waals surface area contributed by atoms with Crippen LogP contribution >= 0.6 is 11.6 Å². The first-order valence-corrected chi connectivity index (χ1v) is 6.49. The molecule has 2 rings (SSSR count). The monoisotopic (exact) mass is 277 g/mol. The number of nitrogens with zero attached hydrogens (tertiary/aromatic N) is 2. The van der Waals surface area contributed by atoms with Crippen molar-refractivity contribution in [2.75, 3.05) is 11.9 Å². The molecule has 0 aliphatic carbocycles. The van der Waals surface area contributed by atoms with Crippen LogP contribution in [0, 0.1) is 13.8 Å². The Balaban J connectivity index is 2.26. The number of ether oxygens (including phenoxy) is 1. The molecule has 5 heteroatoms. The van der Waals surface area contributed by atoms with Gasteiger partial charge in [-0.1, -0.05) is 11.6 Å². The van der Waals surface area contributed by atoms with Gasteiger partial charge >= 0.3 is 0 Å². The van der Waals surface area contributed by atoms with Crippen LogP contribution in [-0.2, 0) is 0 Å². The summed E-state index contributed by atoms with van der Waals surface area (Å²) in [6.07, 6.45) is 1.74. The van der Waals surface area contributed by atoms with E-state index in [1.165, 1.54) is 0 Å². The van der Waals surface area contributed by atoms with Crippen molar-refractivity contribution in [3.05, 3.63) is 40.5 Å². The second-order valence-corrected chi connectivity index (χ2v) is 4.63. The number of aromatic nitrogens is 2. The first-order chi connectivity index (χ1) is 9.10. The number of aryl methyl sites for hydroxylation is 2. The molecule has 0 aliphatic rings. The molecule has 0 radical (unpaired) electrons. The molecule has 0 spiro atoms. The zero-order valence-electron chi connectivity index (χ0n) is 11.2. The van der Waals surface area contributed by atoms with E-state index in [1.54, 1.807) is 6.20 Å². The maximum atomic E-state index is 5.99. The van der Waals surface area contributed by atoms with E-state index >= 15 is 0 Å². The van der Waals surface area contributed by atoms with Crippen molar-refractivity contribution in [3.63, 3.8) is 0 Å². The van der Waals surface area contributed by atoms with Crippen LogP contribution in [0.15, 0.2) is 24.4 Å². The Morgan fingerprint density at radius 3 is 2.74 bits per heavy atom. The molecule has 1 heterocycles. The standard InChI is InChI=1S/C14H16ClN3O/c1-4-16-14-17-8-10(3)13(18-14)19-11-5-6-12(15)9(2)7-11/h5-8H,4H2,1-3H3,(H,16,17,18). The van der Waals surface area contributed by atoms with Crippen LogP contribution in [0.5, 0.6) is 11.6 Å². The van der Waals surface area contributed by atoms with Gasteiger partial charge in [0.2, 0.25) is 11.8 Å². The number of benzene rings is 1. The van der Waals surface area contributed by atoms with Gasteiger partial charge in [-0.3, -0.25) is 0 Å². The van der Waals surface area contributed by atoms with Gasteiger partial charge in [-0.15, -0.1) is 0 Å². The number of rotatable bonds is 4. The Morgan fingerprint density at radius 2 is 2.05 bits per heavy atom. The first-order valence-electron chi connectivity index (χ1n) is 6.11. The van der Waals surface area contributed by atoms with E-state index < -0.39 is 0 Å². The Morgan fingerprint density at radius 1 is 1.26 bits per heavy atom. The van der Waals surface area contributed by atoms with Gasteiger partial charge in [0, 0.05) is 23.3 Å². The van der Waals surface area contributed by atoms with Gasteiger partial charge in [0.15, 0.2) is 0 Å². The number of hydrogen-bond donors (Lipinski definition) is 1. The van der Waals surface area contributed by atoms with E-state index in [4.69, 9.17) is 16.3 Å². The summed E-state index contributed by atoms with van der Waals surface area (Å²) in [4.78, 5) is 8.51. The molecular formula is C14H16ClN3O. The molecule has 0 saturated heterocycles. The fourth-order valence-corrected chi connectivity index (χ4v) is 1.68. The van der Waals surface area contributed by atoms with Crippen molar-refractivity contribution in [2.45, 2.75) is 20.8 Å². The van der Waals surface area contributed by atoms with Crippen molar-refractivity contribution < 1.29 is 4.74 Å². The third kappa shape index (κ3) is 3.35. The molecule has 0 atom stereocenters. The third-order valence-corrected chi connectivity index (χ3v) is 3.03. The minimum Gasteiger partial charge on any atom is -0.439 e. The molecule has 1 N–H and O–H groups in total. The summed E-state index contributed by atoms with van der Waals surface area (Å²) in [6.45, 7) is 6.61. The topological polar surface area (TPSA) is 47.0 Å². The minimum absolute atomic E-state index is 0.549. The van der Waals surface area contributed by atoms with Gasteiger partial charge < -0.3 is 10.1 Å². The Hall–Kier alpha value is -1.81. The lowest BCUT2D eigenvalue weighted by Crippen LogP contribution is -2.03. The summed E-state index contributed by atoms with van der Waals surface area (Å²) >= 11 is 5.99. The molecule has 0 aliphatic heterocycles.